The molecule has 0 aliphatic heterocycles. The summed E-state index contributed by atoms with van der Waals surface area (Å²) in [6.07, 6.45) is 0. The molecule has 0 radical (unpaired) electrons. The molecule has 28 heavy (non-hydrogen) atoms. The van der Waals surface area contributed by atoms with Crippen molar-refractivity contribution < 1.29 is 12.4 Å². The van der Waals surface area contributed by atoms with Crippen molar-refractivity contribution in [3.63, 3.8) is 0 Å². The molecule has 5 aromatic carbocycles. The Labute approximate surface area is 187 Å². The molecule has 130 valence electrons. The van der Waals surface area contributed by atoms with Crippen LogP contribution in [0, 0.1) is 6.07 Å². The zero-order valence-corrected chi connectivity index (χ0v) is 17.6. The minimum absolute atomic E-state index is 0. The van der Waals surface area contributed by atoms with Gasteiger partial charge >= 0.3 is 23.1 Å². The van der Waals surface area contributed by atoms with Gasteiger partial charge in [0.15, 0.2) is 0 Å². The molecule has 5 aromatic rings. The third kappa shape index (κ3) is 3.42. The van der Waals surface area contributed by atoms with E-state index in [2.05, 4.69) is 103 Å². The first-order chi connectivity index (χ1) is 12.9. The number of halogens is 1. The van der Waals surface area contributed by atoms with Crippen LogP contribution in [0.25, 0.3) is 43.8 Å². The van der Waals surface area contributed by atoms with Crippen LogP contribution in [0.2, 0.25) is 0 Å². The fraction of sp³-hybridized carbons (Fsp3) is 0. The molecular weight excluding hydrogens is 372 g/mol. The third-order valence-electron chi connectivity index (χ3n) is 4.99. The minimum Gasteiger partial charge on any atom is -1.00 e. The van der Waals surface area contributed by atoms with E-state index in [1.807, 2.05) is 6.07 Å². The summed E-state index contributed by atoms with van der Waals surface area (Å²) >= 11 is 0. The van der Waals surface area contributed by atoms with Gasteiger partial charge in [-0.25, -0.2) is 0 Å². The van der Waals surface area contributed by atoms with Crippen molar-refractivity contribution in [2.24, 2.45) is 0 Å². The zero-order chi connectivity index (χ0) is 17.3. The molecule has 0 aliphatic carbocycles. The smallest absolute Gasteiger partial charge is 1.00 e. The first-order valence-electron chi connectivity index (χ1n) is 8.89. The van der Waals surface area contributed by atoms with E-state index in [-0.39, 0.29) is 35.5 Å². The maximum Gasteiger partial charge on any atom is 2.00 e. The van der Waals surface area contributed by atoms with Crippen LogP contribution < -0.4 is 12.4 Å². The van der Waals surface area contributed by atoms with Crippen LogP contribution in [0.15, 0.2) is 103 Å². The van der Waals surface area contributed by atoms with E-state index in [9.17, 15) is 0 Å². The minimum atomic E-state index is 0. The number of rotatable bonds is 2. The molecule has 0 nitrogen and oxygen atoms in total. The summed E-state index contributed by atoms with van der Waals surface area (Å²) in [4.78, 5) is 0. The molecule has 0 saturated carbocycles. The van der Waals surface area contributed by atoms with Crippen LogP contribution in [0.1, 0.15) is 0 Å². The number of fused-ring (bicyclic) bond motifs is 2. The summed E-state index contributed by atoms with van der Waals surface area (Å²) in [5, 5.41) is 5.09. The maximum absolute atomic E-state index is 3.29. The maximum atomic E-state index is 3.29. The van der Waals surface area contributed by atoms with Crippen molar-refractivity contribution >= 4 is 44.6 Å². The van der Waals surface area contributed by atoms with E-state index in [0.717, 1.165) is 0 Å². The van der Waals surface area contributed by atoms with Gasteiger partial charge in [0.1, 0.15) is 0 Å². The Bertz CT molecular complexity index is 1060. The summed E-state index contributed by atoms with van der Waals surface area (Å²) in [5.74, 6) is 0. The largest absolute Gasteiger partial charge is 2.00 e. The average Bonchev–Trinajstić information content (AvgIpc) is 2.73. The Hall–Kier alpha value is -2.32. The van der Waals surface area contributed by atoms with Gasteiger partial charge in [-0.05, 0) is 27.5 Å². The van der Waals surface area contributed by atoms with Crippen molar-refractivity contribution in [2.75, 3.05) is 0 Å². The van der Waals surface area contributed by atoms with Crippen molar-refractivity contribution in [1.82, 2.24) is 0 Å². The van der Waals surface area contributed by atoms with Gasteiger partial charge in [0, 0.05) is 0 Å². The molecule has 0 N–H and O–H groups in total. The molecule has 5 rings (SSSR count). The monoisotopic (exact) mass is 388 g/mol. The van der Waals surface area contributed by atoms with Crippen molar-refractivity contribution in [3.05, 3.63) is 109 Å². The molecule has 0 heterocycles. The quantitative estimate of drug-likeness (QED) is 0.245. The number of benzene rings is 5. The summed E-state index contributed by atoms with van der Waals surface area (Å²) < 4.78 is 0. The van der Waals surface area contributed by atoms with Crippen molar-refractivity contribution in [2.45, 2.75) is 0 Å². The number of hydrogen-bond donors (Lipinski definition) is 0. The SMILES string of the molecule is [Cl-].[Mg+2].[c-]1ccc2c(-c3ccccc3)c3ccccc3c(-c3ccccc3)c2c1. The van der Waals surface area contributed by atoms with Crippen LogP contribution >= 0.6 is 0 Å². The second-order valence-electron chi connectivity index (χ2n) is 6.50. The Morgan fingerprint density at radius 3 is 1.43 bits per heavy atom. The van der Waals surface area contributed by atoms with Gasteiger partial charge in [0.25, 0.3) is 0 Å². The third-order valence-corrected chi connectivity index (χ3v) is 4.99. The van der Waals surface area contributed by atoms with Crippen LogP contribution in [-0.2, 0) is 0 Å². The fourth-order valence-corrected chi connectivity index (χ4v) is 3.90. The van der Waals surface area contributed by atoms with Gasteiger partial charge in [0.2, 0.25) is 0 Å². The summed E-state index contributed by atoms with van der Waals surface area (Å²) in [5.41, 5.74) is 5.07. The molecule has 0 bridgehead atoms. The molecule has 0 spiro atoms. The van der Waals surface area contributed by atoms with E-state index in [1.54, 1.807) is 0 Å². The topological polar surface area (TPSA) is 0 Å². The standard InChI is InChI=1S/C26H17.ClH.Mg/c1-3-11-19(12-4-1)25-21-15-7-9-17-23(21)26(20-13-5-2-6-14-20)24-18-10-8-16-22(24)25;;/h1-9,11-18H;1H;/q-1;;+2/p-1. The van der Waals surface area contributed by atoms with Crippen molar-refractivity contribution in [1.29, 1.82) is 0 Å². The van der Waals surface area contributed by atoms with Gasteiger partial charge < -0.3 is 12.4 Å². The average molecular weight is 389 g/mol. The number of hydrogen-bond acceptors (Lipinski definition) is 0. The molecular formula is C26H17ClMg. The van der Waals surface area contributed by atoms with Crippen LogP contribution in [0.5, 0.6) is 0 Å². The first-order valence-corrected chi connectivity index (χ1v) is 8.89. The summed E-state index contributed by atoms with van der Waals surface area (Å²) in [6.45, 7) is 0. The fourth-order valence-electron chi connectivity index (χ4n) is 3.90. The Morgan fingerprint density at radius 1 is 0.464 bits per heavy atom. The Balaban J connectivity index is 0.00000112. The molecule has 0 atom stereocenters. The Kier molecular flexibility index (Phi) is 6.41. The van der Waals surface area contributed by atoms with Gasteiger partial charge in [-0.1, -0.05) is 90.5 Å². The molecule has 0 aromatic heterocycles. The molecule has 0 saturated heterocycles. The second kappa shape index (κ2) is 8.79. The van der Waals surface area contributed by atoms with E-state index in [4.69, 9.17) is 0 Å². The summed E-state index contributed by atoms with van der Waals surface area (Å²) in [7, 11) is 0. The Morgan fingerprint density at radius 2 is 0.893 bits per heavy atom. The molecule has 2 heteroatoms. The van der Waals surface area contributed by atoms with Gasteiger partial charge in [-0.2, -0.15) is 24.3 Å². The van der Waals surface area contributed by atoms with E-state index >= 15 is 0 Å². The summed E-state index contributed by atoms with van der Waals surface area (Å²) in [6, 6.07) is 39.7. The predicted octanol–water partition coefficient (Wildman–Crippen LogP) is 3.75. The van der Waals surface area contributed by atoms with E-state index < -0.39 is 0 Å². The van der Waals surface area contributed by atoms with E-state index in [1.165, 1.54) is 43.8 Å². The molecule has 0 aliphatic rings. The van der Waals surface area contributed by atoms with Gasteiger partial charge in [-0.15, -0.1) is 10.8 Å². The van der Waals surface area contributed by atoms with Gasteiger partial charge in [-0.3, -0.25) is 0 Å². The predicted molar refractivity (Wildman–Crippen MR) is 117 cm³/mol. The van der Waals surface area contributed by atoms with Gasteiger partial charge in [0.05, 0.1) is 0 Å². The normalized spacial score (nSPS) is 10.3. The second-order valence-corrected chi connectivity index (χ2v) is 6.50. The molecule has 0 amide bonds. The van der Waals surface area contributed by atoms with Crippen molar-refractivity contribution in [3.8, 4) is 22.3 Å². The molecule has 0 unspecified atom stereocenters. The zero-order valence-electron chi connectivity index (χ0n) is 15.4. The van der Waals surface area contributed by atoms with Crippen LogP contribution in [0.3, 0.4) is 0 Å². The molecule has 0 fully saturated rings. The van der Waals surface area contributed by atoms with Crippen LogP contribution in [0.4, 0.5) is 0 Å². The first kappa shape index (κ1) is 20.4. The van der Waals surface area contributed by atoms with Crippen LogP contribution in [-0.4, -0.2) is 23.1 Å². The van der Waals surface area contributed by atoms with E-state index in [0.29, 0.717) is 0 Å².